The molecular formula is C14H17F3O2. The molecule has 0 saturated carbocycles. The van der Waals surface area contributed by atoms with Crippen molar-refractivity contribution in [2.24, 2.45) is 5.92 Å². The molecule has 0 amide bonds. The Kier molecular flexibility index (Phi) is 4.47. The molecule has 106 valence electrons. The Hall–Kier alpha value is -1.07. The van der Waals surface area contributed by atoms with Crippen molar-refractivity contribution in [2.45, 2.75) is 31.5 Å². The molecule has 2 rings (SSSR count). The second kappa shape index (κ2) is 5.92. The number of ether oxygens (including phenoxy) is 1. The van der Waals surface area contributed by atoms with Gasteiger partial charge in [-0.05, 0) is 42.9 Å². The average Bonchev–Trinajstić information content (AvgIpc) is 2.39. The van der Waals surface area contributed by atoms with Crippen molar-refractivity contribution in [2.75, 3.05) is 13.2 Å². The van der Waals surface area contributed by atoms with Crippen LogP contribution in [-0.4, -0.2) is 18.3 Å². The van der Waals surface area contributed by atoms with Gasteiger partial charge < -0.3 is 9.84 Å². The van der Waals surface area contributed by atoms with Gasteiger partial charge in [-0.1, -0.05) is 12.1 Å². The molecule has 1 aromatic rings. The zero-order valence-electron chi connectivity index (χ0n) is 10.5. The molecule has 1 aliphatic rings. The first-order valence-corrected chi connectivity index (χ1v) is 6.40. The summed E-state index contributed by atoms with van der Waals surface area (Å²) in [5.74, 6) is 0.381. The van der Waals surface area contributed by atoms with E-state index in [-0.39, 0.29) is 0 Å². The van der Waals surface area contributed by atoms with Crippen molar-refractivity contribution in [3.8, 4) is 0 Å². The topological polar surface area (TPSA) is 29.5 Å². The van der Waals surface area contributed by atoms with Crippen LogP contribution in [0, 0.1) is 5.92 Å². The van der Waals surface area contributed by atoms with E-state index in [0.29, 0.717) is 31.1 Å². The Morgan fingerprint density at radius 2 is 1.74 bits per heavy atom. The lowest BCUT2D eigenvalue weighted by molar-refractivity contribution is -0.137. The molecule has 0 spiro atoms. The Balaban J connectivity index is 1.97. The highest BCUT2D eigenvalue weighted by Gasteiger charge is 2.30. The number of hydrogen-bond acceptors (Lipinski definition) is 2. The Labute approximate surface area is 110 Å². The first-order valence-electron chi connectivity index (χ1n) is 6.40. The number of benzene rings is 1. The third-order valence-electron chi connectivity index (χ3n) is 3.52. The van der Waals surface area contributed by atoms with Crippen LogP contribution in [0.4, 0.5) is 13.2 Å². The zero-order valence-corrected chi connectivity index (χ0v) is 10.5. The third kappa shape index (κ3) is 3.94. The van der Waals surface area contributed by atoms with Gasteiger partial charge in [0.1, 0.15) is 0 Å². The summed E-state index contributed by atoms with van der Waals surface area (Å²) in [6.07, 6.45) is -2.65. The minimum absolute atomic E-state index is 0.381. The predicted octanol–water partition coefficient (Wildman–Crippen LogP) is 3.56. The van der Waals surface area contributed by atoms with E-state index in [1.807, 2.05) is 0 Å². The molecule has 0 radical (unpaired) electrons. The number of aliphatic hydroxyl groups excluding tert-OH is 1. The van der Waals surface area contributed by atoms with Crippen LogP contribution in [-0.2, 0) is 10.9 Å². The van der Waals surface area contributed by atoms with Crippen LogP contribution in [0.15, 0.2) is 24.3 Å². The van der Waals surface area contributed by atoms with Gasteiger partial charge in [0, 0.05) is 13.2 Å². The predicted molar refractivity (Wildman–Crippen MR) is 64.6 cm³/mol. The Morgan fingerprint density at radius 3 is 2.26 bits per heavy atom. The van der Waals surface area contributed by atoms with E-state index in [1.165, 1.54) is 12.1 Å². The second-order valence-corrected chi connectivity index (χ2v) is 4.93. The highest BCUT2D eigenvalue weighted by atomic mass is 19.4. The van der Waals surface area contributed by atoms with Gasteiger partial charge in [-0.3, -0.25) is 0 Å². The van der Waals surface area contributed by atoms with Gasteiger partial charge in [0.05, 0.1) is 11.7 Å². The molecule has 1 aliphatic heterocycles. The highest BCUT2D eigenvalue weighted by molar-refractivity contribution is 5.26. The summed E-state index contributed by atoms with van der Waals surface area (Å²) in [6.45, 7) is 1.40. The van der Waals surface area contributed by atoms with Gasteiger partial charge in [-0.25, -0.2) is 0 Å². The molecule has 1 N–H and O–H groups in total. The Morgan fingerprint density at radius 1 is 1.16 bits per heavy atom. The summed E-state index contributed by atoms with van der Waals surface area (Å²) in [4.78, 5) is 0. The van der Waals surface area contributed by atoms with Crippen LogP contribution < -0.4 is 0 Å². The molecule has 1 fully saturated rings. The quantitative estimate of drug-likeness (QED) is 0.913. The van der Waals surface area contributed by atoms with Crippen LogP contribution >= 0.6 is 0 Å². The molecule has 1 atom stereocenters. The van der Waals surface area contributed by atoms with Crippen LogP contribution in [0.1, 0.15) is 36.5 Å². The molecule has 19 heavy (non-hydrogen) atoms. The maximum atomic E-state index is 12.4. The van der Waals surface area contributed by atoms with E-state index < -0.39 is 17.8 Å². The SMILES string of the molecule is OC(CC1CCOCC1)c1ccc(C(F)(F)F)cc1. The third-order valence-corrected chi connectivity index (χ3v) is 3.52. The molecule has 2 nitrogen and oxygen atoms in total. The van der Waals surface area contributed by atoms with E-state index in [4.69, 9.17) is 4.74 Å². The lowest BCUT2D eigenvalue weighted by Crippen LogP contribution is -2.18. The van der Waals surface area contributed by atoms with Gasteiger partial charge in [-0.2, -0.15) is 13.2 Å². The van der Waals surface area contributed by atoms with Crippen molar-refractivity contribution in [3.63, 3.8) is 0 Å². The second-order valence-electron chi connectivity index (χ2n) is 4.93. The first-order chi connectivity index (χ1) is 8.97. The number of aliphatic hydroxyl groups is 1. The molecule has 1 heterocycles. The number of halogens is 3. The molecule has 0 bridgehead atoms. The number of hydrogen-bond donors (Lipinski definition) is 1. The van der Waals surface area contributed by atoms with Crippen molar-refractivity contribution in [3.05, 3.63) is 35.4 Å². The summed E-state index contributed by atoms with van der Waals surface area (Å²) < 4.78 is 42.5. The van der Waals surface area contributed by atoms with Crippen LogP contribution in [0.2, 0.25) is 0 Å². The van der Waals surface area contributed by atoms with Gasteiger partial charge in [-0.15, -0.1) is 0 Å². The van der Waals surface area contributed by atoms with Crippen molar-refractivity contribution < 1.29 is 23.0 Å². The summed E-state index contributed by atoms with van der Waals surface area (Å²) in [6, 6.07) is 4.74. The standard InChI is InChI=1S/C14H17F3O2/c15-14(16,17)12-3-1-11(2-4-12)13(18)9-10-5-7-19-8-6-10/h1-4,10,13,18H,5-9H2. The molecule has 1 aromatic carbocycles. The molecular weight excluding hydrogens is 257 g/mol. The lowest BCUT2D eigenvalue weighted by Gasteiger charge is -2.24. The molecule has 0 aliphatic carbocycles. The van der Waals surface area contributed by atoms with E-state index in [0.717, 1.165) is 25.0 Å². The normalized spacial score (nSPS) is 19.4. The van der Waals surface area contributed by atoms with Gasteiger partial charge in [0.2, 0.25) is 0 Å². The van der Waals surface area contributed by atoms with Crippen LogP contribution in [0.25, 0.3) is 0 Å². The fourth-order valence-electron chi connectivity index (χ4n) is 2.33. The molecule has 5 heteroatoms. The number of alkyl halides is 3. The monoisotopic (exact) mass is 274 g/mol. The first kappa shape index (κ1) is 14.3. The smallest absolute Gasteiger partial charge is 0.388 e. The van der Waals surface area contributed by atoms with E-state index in [9.17, 15) is 18.3 Å². The summed E-state index contributed by atoms with van der Waals surface area (Å²) in [5, 5.41) is 10.0. The minimum Gasteiger partial charge on any atom is -0.388 e. The summed E-state index contributed by atoms with van der Waals surface area (Å²) in [7, 11) is 0. The Bertz CT molecular complexity index is 394. The molecule has 1 unspecified atom stereocenters. The van der Waals surface area contributed by atoms with Gasteiger partial charge in [0.15, 0.2) is 0 Å². The number of rotatable bonds is 3. The van der Waals surface area contributed by atoms with E-state index >= 15 is 0 Å². The van der Waals surface area contributed by atoms with Gasteiger partial charge in [0.25, 0.3) is 0 Å². The summed E-state index contributed by atoms with van der Waals surface area (Å²) >= 11 is 0. The lowest BCUT2D eigenvalue weighted by atomic mass is 9.91. The van der Waals surface area contributed by atoms with Crippen molar-refractivity contribution in [1.29, 1.82) is 0 Å². The minimum atomic E-state index is -4.33. The fraction of sp³-hybridized carbons (Fsp3) is 0.571. The van der Waals surface area contributed by atoms with E-state index in [1.54, 1.807) is 0 Å². The maximum Gasteiger partial charge on any atom is 0.416 e. The van der Waals surface area contributed by atoms with Crippen LogP contribution in [0.3, 0.4) is 0 Å². The van der Waals surface area contributed by atoms with Crippen molar-refractivity contribution >= 4 is 0 Å². The molecule has 0 aromatic heterocycles. The van der Waals surface area contributed by atoms with Gasteiger partial charge >= 0.3 is 6.18 Å². The maximum absolute atomic E-state index is 12.4. The fourth-order valence-corrected chi connectivity index (χ4v) is 2.33. The zero-order chi connectivity index (χ0) is 13.9. The molecule has 1 saturated heterocycles. The summed E-state index contributed by atoms with van der Waals surface area (Å²) in [5.41, 5.74) is -0.144. The van der Waals surface area contributed by atoms with Crippen molar-refractivity contribution in [1.82, 2.24) is 0 Å². The average molecular weight is 274 g/mol. The highest BCUT2D eigenvalue weighted by Crippen LogP contribution is 2.32. The largest absolute Gasteiger partial charge is 0.416 e. The van der Waals surface area contributed by atoms with Crippen LogP contribution in [0.5, 0.6) is 0 Å². The van der Waals surface area contributed by atoms with E-state index in [2.05, 4.69) is 0 Å².